The first-order valence-corrected chi connectivity index (χ1v) is 7.16. The number of nitrogens with two attached hydrogens (primary N) is 1. The van der Waals surface area contributed by atoms with Crippen molar-refractivity contribution in [2.24, 2.45) is 11.1 Å². The van der Waals surface area contributed by atoms with Gasteiger partial charge in [-0.2, -0.15) is 0 Å². The zero-order chi connectivity index (χ0) is 12.2. The van der Waals surface area contributed by atoms with E-state index in [0.29, 0.717) is 12.3 Å². The van der Waals surface area contributed by atoms with Gasteiger partial charge in [0.1, 0.15) is 0 Å². The molecule has 0 amide bonds. The molecule has 90 valence electrons. The molecule has 1 rings (SSSR count). The van der Waals surface area contributed by atoms with E-state index in [2.05, 4.69) is 26.0 Å². The van der Waals surface area contributed by atoms with Crippen molar-refractivity contribution in [3.05, 3.63) is 35.4 Å². The van der Waals surface area contributed by atoms with E-state index in [4.69, 9.17) is 5.14 Å². The fraction of sp³-hybridized carbons (Fsp3) is 0.500. The molecule has 1 aromatic carbocycles. The van der Waals surface area contributed by atoms with Gasteiger partial charge in [0.15, 0.2) is 0 Å². The molecular formula is C12H19NO2S. The van der Waals surface area contributed by atoms with Gasteiger partial charge in [0.25, 0.3) is 0 Å². The summed E-state index contributed by atoms with van der Waals surface area (Å²) >= 11 is 0. The van der Waals surface area contributed by atoms with E-state index in [1.807, 2.05) is 12.1 Å². The Morgan fingerprint density at radius 3 is 2.06 bits per heavy atom. The predicted molar refractivity (Wildman–Crippen MR) is 66.7 cm³/mol. The molecule has 3 nitrogen and oxygen atoms in total. The molecule has 1 aromatic rings. The molecule has 2 N–H and O–H groups in total. The van der Waals surface area contributed by atoms with Crippen molar-refractivity contribution in [2.45, 2.75) is 26.7 Å². The van der Waals surface area contributed by atoms with Crippen molar-refractivity contribution < 1.29 is 8.42 Å². The van der Waals surface area contributed by atoms with Crippen LogP contribution >= 0.6 is 0 Å². The van der Waals surface area contributed by atoms with Gasteiger partial charge in [0.05, 0.1) is 5.75 Å². The Labute approximate surface area is 97.7 Å². The van der Waals surface area contributed by atoms with E-state index in [9.17, 15) is 8.42 Å². The van der Waals surface area contributed by atoms with Crippen molar-refractivity contribution >= 4 is 10.0 Å². The quantitative estimate of drug-likeness (QED) is 0.853. The molecule has 0 aromatic heterocycles. The highest BCUT2D eigenvalue weighted by molar-refractivity contribution is 7.89. The van der Waals surface area contributed by atoms with E-state index in [1.54, 1.807) is 0 Å². The lowest BCUT2D eigenvalue weighted by Crippen LogP contribution is -2.17. The standard InChI is InChI=1S/C12H19NO2S/c1-10(2)9-12-5-3-11(4-6-12)7-8-16(13,14)15/h3-6,10H,7-9H2,1-2H3,(H2,13,14,15). The summed E-state index contributed by atoms with van der Waals surface area (Å²) in [4.78, 5) is 0. The first kappa shape index (κ1) is 13.2. The number of hydrogen-bond acceptors (Lipinski definition) is 2. The lowest BCUT2D eigenvalue weighted by atomic mass is 10.0. The topological polar surface area (TPSA) is 60.2 Å². The molecule has 0 aliphatic carbocycles. The third-order valence-corrected chi connectivity index (χ3v) is 3.12. The Hall–Kier alpha value is -0.870. The lowest BCUT2D eigenvalue weighted by molar-refractivity contribution is 0.597. The molecule has 0 unspecified atom stereocenters. The molecule has 0 saturated heterocycles. The average Bonchev–Trinajstić information content (AvgIpc) is 2.14. The van der Waals surface area contributed by atoms with Gasteiger partial charge in [0.2, 0.25) is 10.0 Å². The van der Waals surface area contributed by atoms with Crippen molar-refractivity contribution in [1.82, 2.24) is 0 Å². The second-order valence-electron chi connectivity index (χ2n) is 4.53. The largest absolute Gasteiger partial charge is 0.229 e. The van der Waals surface area contributed by atoms with Gasteiger partial charge in [-0.25, -0.2) is 13.6 Å². The Morgan fingerprint density at radius 2 is 1.62 bits per heavy atom. The van der Waals surface area contributed by atoms with Crippen LogP contribution in [0.4, 0.5) is 0 Å². The van der Waals surface area contributed by atoms with Gasteiger partial charge in [-0.15, -0.1) is 0 Å². The second kappa shape index (κ2) is 5.46. The van der Waals surface area contributed by atoms with E-state index >= 15 is 0 Å². The first-order chi connectivity index (χ1) is 7.37. The van der Waals surface area contributed by atoms with Gasteiger partial charge >= 0.3 is 0 Å². The van der Waals surface area contributed by atoms with Gasteiger partial charge < -0.3 is 0 Å². The summed E-state index contributed by atoms with van der Waals surface area (Å²) < 4.78 is 21.6. The number of sulfonamides is 1. The average molecular weight is 241 g/mol. The summed E-state index contributed by atoms with van der Waals surface area (Å²) in [6.07, 6.45) is 1.54. The molecule has 0 fully saturated rings. The van der Waals surface area contributed by atoms with Crippen LogP contribution in [0.2, 0.25) is 0 Å². The van der Waals surface area contributed by atoms with Crippen LogP contribution in [0, 0.1) is 5.92 Å². The number of aryl methyl sites for hydroxylation is 1. The molecular weight excluding hydrogens is 222 g/mol. The van der Waals surface area contributed by atoms with Crippen LogP contribution in [-0.2, 0) is 22.9 Å². The number of benzene rings is 1. The minimum Gasteiger partial charge on any atom is -0.229 e. The Balaban J connectivity index is 2.58. The van der Waals surface area contributed by atoms with Gasteiger partial charge in [-0.3, -0.25) is 0 Å². The van der Waals surface area contributed by atoms with Crippen molar-refractivity contribution in [1.29, 1.82) is 0 Å². The third kappa shape index (κ3) is 5.28. The summed E-state index contributed by atoms with van der Waals surface area (Å²) in [6.45, 7) is 4.35. The maximum absolute atomic E-state index is 10.8. The van der Waals surface area contributed by atoms with Crippen LogP contribution in [0.15, 0.2) is 24.3 Å². The van der Waals surface area contributed by atoms with E-state index in [1.165, 1.54) is 5.56 Å². The molecule has 4 heteroatoms. The minimum atomic E-state index is -3.35. The molecule has 0 heterocycles. The maximum atomic E-state index is 10.8. The summed E-state index contributed by atoms with van der Waals surface area (Å²) in [7, 11) is -3.35. The molecule has 0 aliphatic rings. The fourth-order valence-corrected chi connectivity index (χ4v) is 2.09. The Bertz CT molecular complexity index is 421. The summed E-state index contributed by atoms with van der Waals surface area (Å²) in [6, 6.07) is 8.06. The van der Waals surface area contributed by atoms with E-state index < -0.39 is 10.0 Å². The van der Waals surface area contributed by atoms with Crippen LogP contribution in [0.3, 0.4) is 0 Å². The minimum absolute atomic E-state index is 0.0104. The number of hydrogen-bond donors (Lipinski definition) is 1. The van der Waals surface area contributed by atoms with E-state index in [-0.39, 0.29) is 5.75 Å². The summed E-state index contributed by atoms with van der Waals surface area (Å²) in [5.41, 5.74) is 2.30. The molecule has 0 aliphatic heterocycles. The number of rotatable bonds is 5. The highest BCUT2D eigenvalue weighted by Crippen LogP contribution is 2.10. The zero-order valence-corrected chi connectivity index (χ0v) is 10.6. The summed E-state index contributed by atoms with van der Waals surface area (Å²) in [5.74, 6) is 0.645. The molecule has 0 bridgehead atoms. The molecule has 0 spiro atoms. The van der Waals surface area contributed by atoms with Crippen LogP contribution in [0.25, 0.3) is 0 Å². The fourth-order valence-electron chi connectivity index (χ4n) is 1.57. The Morgan fingerprint density at radius 1 is 1.12 bits per heavy atom. The molecule has 0 atom stereocenters. The van der Waals surface area contributed by atoms with Crippen molar-refractivity contribution in [2.75, 3.05) is 5.75 Å². The van der Waals surface area contributed by atoms with Crippen molar-refractivity contribution in [3.63, 3.8) is 0 Å². The molecule has 16 heavy (non-hydrogen) atoms. The zero-order valence-electron chi connectivity index (χ0n) is 9.81. The SMILES string of the molecule is CC(C)Cc1ccc(CCS(N)(=O)=O)cc1. The van der Waals surface area contributed by atoms with Gasteiger partial charge in [0, 0.05) is 0 Å². The van der Waals surface area contributed by atoms with Gasteiger partial charge in [-0.1, -0.05) is 38.1 Å². The highest BCUT2D eigenvalue weighted by Gasteiger charge is 2.03. The molecule has 0 radical (unpaired) electrons. The van der Waals surface area contributed by atoms with Crippen molar-refractivity contribution in [3.8, 4) is 0 Å². The normalized spacial score (nSPS) is 12.0. The third-order valence-electron chi connectivity index (χ3n) is 2.34. The van der Waals surface area contributed by atoms with E-state index in [0.717, 1.165) is 12.0 Å². The van der Waals surface area contributed by atoms with Crippen LogP contribution in [0.5, 0.6) is 0 Å². The second-order valence-corrected chi connectivity index (χ2v) is 6.27. The summed E-state index contributed by atoms with van der Waals surface area (Å²) in [5, 5.41) is 4.95. The molecule has 0 saturated carbocycles. The van der Waals surface area contributed by atoms with Crippen LogP contribution < -0.4 is 5.14 Å². The monoisotopic (exact) mass is 241 g/mol. The predicted octanol–water partition coefficient (Wildman–Crippen LogP) is 1.72. The smallest absolute Gasteiger partial charge is 0.209 e. The van der Waals surface area contributed by atoms with Crippen LogP contribution in [0.1, 0.15) is 25.0 Å². The van der Waals surface area contributed by atoms with Gasteiger partial charge in [-0.05, 0) is 29.9 Å². The Kier molecular flexibility index (Phi) is 4.50. The highest BCUT2D eigenvalue weighted by atomic mass is 32.2. The number of primary sulfonamides is 1. The first-order valence-electron chi connectivity index (χ1n) is 5.45. The lowest BCUT2D eigenvalue weighted by Gasteiger charge is -2.06. The maximum Gasteiger partial charge on any atom is 0.209 e. The van der Waals surface area contributed by atoms with Crippen LogP contribution in [-0.4, -0.2) is 14.2 Å².